The van der Waals surface area contributed by atoms with E-state index in [4.69, 9.17) is 14.2 Å². The summed E-state index contributed by atoms with van der Waals surface area (Å²) in [5.74, 6) is 3.99. The minimum Gasteiger partial charge on any atom is -0.464 e. The van der Waals surface area contributed by atoms with E-state index in [9.17, 15) is 19.2 Å². The Morgan fingerprint density at radius 3 is 1.42 bits per heavy atom. The summed E-state index contributed by atoms with van der Waals surface area (Å²) in [5.41, 5.74) is 4.24. The van der Waals surface area contributed by atoms with Crippen molar-refractivity contribution in [3.63, 3.8) is 0 Å². The Morgan fingerprint density at radius 1 is 0.667 bits per heavy atom. The molecule has 0 radical (unpaired) electrons. The monoisotopic (exact) mass is 797 g/mol. The second kappa shape index (κ2) is 31.5. The van der Waals surface area contributed by atoms with Gasteiger partial charge in [0.2, 0.25) is 0 Å². The van der Waals surface area contributed by atoms with Crippen LogP contribution >= 0.6 is 0 Å². The zero-order chi connectivity index (χ0) is 44.1. The lowest BCUT2D eigenvalue weighted by molar-refractivity contribution is -0.139. The topological polar surface area (TPSA) is 129 Å². The van der Waals surface area contributed by atoms with Gasteiger partial charge < -0.3 is 18.9 Å². The number of hydrogen-bond donors (Lipinski definition) is 2. The molecule has 10 heteroatoms. The van der Waals surface area contributed by atoms with Crippen LogP contribution in [0.1, 0.15) is 126 Å². The molecule has 57 heavy (non-hydrogen) atoms. The molecule has 2 aromatic rings. The quantitative estimate of drug-likeness (QED) is 0.0359. The number of benzene rings is 2. The van der Waals surface area contributed by atoms with Crippen molar-refractivity contribution in [2.24, 2.45) is 35.5 Å². The summed E-state index contributed by atoms with van der Waals surface area (Å²) in [4.78, 5) is 44.7. The van der Waals surface area contributed by atoms with E-state index in [2.05, 4.69) is 122 Å². The molecular weight excluding hydrogens is 721 g/mol. The summed E-state index contributed by atoms with van der Waals surface area (Å²) < 4.78 is 19.2. The summed E-state index contributed by atoms with van der Waals surface area (Å²) in [7, 11) is 0. The number of anilines is 2. The van der Waals surface area contributed by atoms with Crippen LogP contribution in [0.25, 0.3) is 0 Å². The van der Waals surface area contributed by atoms with E-state index in [1.54, 1.807) is 13.0 Å². The van der Waals surface area contributed by atoms with Crippen LogP contribution in [0.15, 0.2) is 73.3 Å². The van der Waals surface area contributed by atoms with Crippen molar-refractivity contribution in [2.45, 2.75) is 115 Å². The summed E-state index contributed by atoms with van der Waals surface area (Å²) in [6.07, 6.45) is 1.70. The number of carbonyl (C=O) groups is 4. The lowest BCUT2D eigenvalue weighted by Gasteiger charge is -2.36. The highest BCUT2D eigenvalue weighted by Gasteiger charge is 2.31. The van der Waals surface area contributed by atoms with Crippen LogP contribution in [0.2, 0.25) is 0 Å². The predicted octanol–water partition coefficient (Wildman–Crippen LogP) is 12.4. The molecule has 2 rings (SSSR count). The minimum atomic E-state index is -0.577. The highest BCUT2D eigenvalue weighted by molar-refractivity contribution is 5.87. The maximum absolute atomic E-state index is 11.9. The third kappa shape index (κ3) is 22.7. The maximum atomic E-state index is 11.9. The van der Waals surface area contributed by atoms with Gasteiger partial charge in [0.15, 0.2) is 0 Å². The Balaban J connectivity index is 0. The van der Waals surface area contributed by atoms with Gasteiger partial charge >= 0.3 is 18.2 Å². The fourth-order valence-corrected chi connectivity index (χ4v) is 6.56. The van der Waals surface area contributed by atoms with Gasteiger partial charge in [-0.3, -0.25) is 15.4 Å². The number of hydrogen-bond acceptors (Lipinski definition) is 8. The number of carbonyl (C=O) groups excluding carboxylic acids is 4. The normalized spacial score (nSPS) is 12.0. The maximum Gasteiger partial charge on any atom is 0.411 e. The largest absolute Gasteiger partial charge is 0.464 e. The number of amides is 2. The molecule has 3 unspecified atom stereocenters. The molecule has 0 heterocycles. The van der Waals surface area contributed by atoms with Crippen molar-refractivity contribution in [1.29, 1.82) is 0 Å². The molecule has 0 aliphatic carbocycles. The molecule has 0 saturated heterocycles. The van der Waals surface area contributed by atoms with Crippen molar-refractivity contribution < 1.29 is 38.1 Å². The Labute approximate surface area is 345 Å². The molecule has 0 spiro atoms. The van der Waals surface area contributed by atoms with Crippen molar-refractivity contribution >= 4 is 36.0 Å². The Bertz CT molecular complexity index is 1410. The van der Waals surface area contributed by atoms with Crippen molar-refractivity contribution in [2.75, 3.05) is 37.1 Å². The average molecular weight is 797 g/mol. The zero-order valence-corrected chi connectivity index (χ0v) is 37.6. The Morgan fingerprint density at radius 2 is 1.07 bits per heavy atom. The standard InChI is InChI=1S/C24H37NO4.C18H27NO4.C3H6.C2H6/c1-15(2)21(16(3)4)22(17(5)6)19-9-11-20(12-10-19)25-24(27)29-14-13-28-23(26)18(7)8;1-5-17(14(4)13(2)3)15-6-8-16(9-7-15)19-18(21)23-11-10-22-12-20;1-3-2;1-2/h9-12,15-17,21-22H,7,13-14H2,1-6,8H3,(H,25,27);6-9,12-14,17H,5,10-11H2,1-4H3,(H,19,21);3H,1H2,2H3;1-2H3. The van der Waals surface area contributed by atoms with Crippen molar-refractivity contribution in [1.82, 2.24) is 0 Å². The van der Waals surface area contributed by atoms with E-state index >= 15 is 0 Å². The molecule has 0 aliphatic rings. The molecule has 0 saturated carbocycles. The predicted molar refractivity (Wildman–Crippen MR) is 236 cm³/mol. The van der Waals surface area contributed by atoms with Gasteiger partial charge in [-0.2, -0.15) is 0 Å². The molecule has 0 bridgehead atoms. The molecule has 0 aromatic heterocycles. The second-order valence-corrected chi connectivity index (χ2v) is 15.0. The van der Waals surface area contributed by atoms with E-state index in [-0.39, 0.29) is 26.4 Å². The van der Waals surface area contributed by atoms with Crippen molar-refractivity contribution in [3.8, 4) is 0 Å². The molecule has 0 fully saturated rings. The summed E-state index contributed by atoms with van der Waals surface area (Å²) in [5, 5.41) is 5.35. The number of ether oxygens (including phenoxy) is 4. The molecule has 322 valence electrons. The SMILES string of the molecule is C=C(C)C(=O)OCCOC(=O)Nc1ccc(C(C(C)C)C(C(C)C)C(C)C)cc1.C=CC.CC.CCC(c1ccc(NC(=O)OCCOC=O)cc1)C(C)C(C)C. The molecule has 2 aromatic carbocycles. The Kier molecular flexibility index (Phi) is 30.1. The van der Waals surface area contributed by atoms with E-state index in [1.165, 1.54) is 11.1 Å². The lowest BCUT2D eigenvalue weighted by Crippen LogP contribution is -2.27. The fraction of sp³-hybridized carbons (Fsp3) is 0.574. The molecule has 10 nitrogen and oxygen atoms in total. The van der Waals surface area contributed by atoms with E-state index < -0.39 is 18.2 Å². The third-order valence-electron chi connectivity index (χ3n) is 9.33. The van der Waals surface area contributed by atoms with Gasteiger partial charge in [-0.05, 0) is 103 Å². The van der Waals surface area contributed by atoms with Crippen LogP contribution in [0.4, 0.5) is 21.0 Å². The molecule has 2 N–H and O–H groups in total. The van der Waals surface area contributed by atoms with Gasteiger partial charge in [-0.1, -0.05) is 120 Å². The number of allylic oxidation sites excluding steroid dienone is 1. The number of rotatable bonds is 19. The fourth-order valence-electron chi connectivity index (χ4n) is 6.56. The zero-order valence-electron chi connectivity index (χ0n) is 37.6. The first-order chi connectivity index (χ1) is 26.9. The van der Waals surface area contributed by atoms with Crippen LogP contribution in [0.5, 0.6) is 0 Å². The molecule has 2 amide bonds. The highest BCUT2D eigenvalue weighted by Crippen LogP contribution is 2.41. The Hall–Kier alpha value is -4.60. The van der Waals surface area contributed by atoms with Crippen LogP contribution in [-0.4, -0.2) is 51.1 Å². The van der Waals surface area contributed by atoms with Crippen molar-refractivity contribution in [3.05, 3.63) is 84.5 Å². The van der Waals surface area contributed by atoms with Crippen LogP contribution < -0.4 is 10.6 Å². The first-order valence-electron chi connectivity index (χ1n) is 20.5. The van der Waals surface area contributed by atoms with E-state index in [0.717, 1.165) is 6.42 Å². The first kappa shape index (κ1) is 54.5. The van der Waals surface area contributed by atoms with Gasteiger partial charge in [0.1, 0.15) is 26.4 Å². The third-order valence-corrected chi connectivity index (χ3v) is 9.33. The van der Waals surface area contributed by atoms with Gasteiger partial charge in [0, 0.05) is 16.9 Å². The van der Waals surface area contributed by atoms with Gasteiger partial charge in [0.25, 0.3) is 6.47 Å². The highest BCUT2D eigenvalue weighted by atomic mass is 16.6. The molecular formula is C47H76N2O8. The van der Waals surface area contributed by atoms with Crippen LogP contribution in [-0.2, 0) is 28.5 Å². The first-order valence-corrected chi connectivity index (χ1v) is 20.5. The van der Waals surface area contributed by atoms with Gasteiger partial charge in [-0.15, -0.1) is 6.58 Å². The summed E-state index contributed by atoms with van der Waals surface area (Å²) in [6.45, 7) is 37.4. The minimum absolute atomic E-state index is 0.0000869. The van der Waals surface area contributed by atoms with Gasteiger partial charge in [0.05, 0.1) is 0 Å². The van der Waals surface area contributed by atoms with Crippen LogP contribution in [0.3, 0.4) is 0 Å². The summed E-state index contributed by atoms with van der Waals surface area (Å²) >= 11 is 0. The lowest BCUT2D eigenvalue weighted by atomic mass is 9.68. The van der Waals surface area contributed by atoms with E-state index in [0.29, 0.717) is 70.8 Å². The smallest absolute Gasteiger partial charge is 0.411 e. The second-order valence-electron chi connectivity index (χ2n) is 15.0. The summed E-state index contributed by atoms with van der Waals surface area (Å²) in [6, 6.07) is 15.9. The number of nitrogens with one attached hydrogen (secondary N) is 2. The van der Waals surface area contributed by atoms with Gasteiger partial charge in [-0.25, -0.2) is 14.4 Å². The molecule has 3 atom stereocenters. The average Bonchev–Trinajstić information content (AvgIpc) is 3.16. The molecule has 0 aliphatic heterocycles. The number of esters is 1. The van der Waals surface area contributed by atoms with E-state index in [1.807, 2.05) is 45.0 Å². The van der Waals surface area contributed by atoms with Crippen LogP contribution in [0, 0.1) is 35.5 Å².